The summed E-state index contributed by atoms with van der Waals surface area (Å²) >= 11 is 1.85. The number of fused-ring (bicyclic) bond motifs is 11. The van der Waals surface area contributed by atoms with E-state index in [1.54, 1.807) is 0 Å². The molecule has 0 N–H and O–H groups in total. The summed E-state index contributed by atoms with van der Waals surface area (Å²) in [5, 5.41) is 14.8. The molecule has 2 unspecified atom stereocenters. The number of benzene rings is 10. The number of rotatable bonds is 7. The van der Waals surface area contributed by atoms with E-state index >= 15 is 0 Å². The van der Waals surface area contributed by atoms with Gasteiger partial charge in [-0.25, -0.2) is 4.99 Å². The minimum absolute atomic E-state index is 0.118. The van der Waals surface area contributed by atoms with Gasteiger partial charge in [0.2, 0.25) is 0 Å². The Hall–Kier alpha value is -7.40. The smallest absolute Gasteiger partial charge is 0.156 e. The van der Waals surface area contributed by atoms with Gasteiger partial charge in [-0.3, -0.25) is 4.99 Å². The van der Waals surface area contributed by atoms with Crippen molar-refractivity contribution in [1.82, 2.24) is 4.57 Å². The minimum Gasteiger partial charge on any atom is -0.309 e. The van der Waals surface area contributed by atoms with Gasteiger partial charge in [0.25, 0.3) is 0 Å². The predicted molar refractivity (Wildman–Crippen MR) is 278 cm³/mol. The number of amidine groups is 1. The number of nitrogens with zero attached hydrogens (tertiary/aromatic N) is 3. The molecule has 2 atom stereocenters. The molecule has 0 amide bonds. The van der Waals surface area contributed by atoms with Crippen molar-refractivity contribution in [3.05, 3.63) is 211 Å². The maximum absolute atomic E-state index is 5.81. The Balaban J connectivity index is 1.11. The summed E-state index contributed by atoms with van der Waals surface area (Å²) in [5.74, 6) is 1.01. The van der Waals surface area contributed by atoms with Crippen LogP contribution in [0, 0.1) is 5.92 Å². The minimum atomic E-state index is -0.118. The zero-order valence-electron chi connectivity index (χ0n) is 36.1. The van der Waals surface area contributed by atoms with E-state index in [0.717, 1.165) is 40.2 Å². The molecule has 12 rings (SSSR count). The van der Waals surface area contributed by atoms with Crippen molar-refractivity contribution in [3.8, 4) is 5.69 Å². The average Bonchev–Trinajstić information content (AvgIpc) is 3.88. The van der Waals surface area contributed by atoms with E-state index in [1.807, 2.05) is 11.3 Å². The Morgan fingerprint density at radius 2 is 1.14 bits per heavy atom. The second kappa shape index (κ2) is 15.4. The van der Waals surface area contributed by atoms with Crippen molar-refractivity contribution < 1.29 is 0 Å². The SMILES string of the molecule is CCC(C)C(/N=C(\N=C(/C)c1cc(-n2c3ccccc3c3cc4ccccc4cc32)cc2sc3ccccc3c12)c1cccc2ccccc12)c1ccc2c(ccc3ccccc32)c1. The van der Waals surface area contributed by atoms with Gasteiger partial charge in [0.15, 0.2) is 5.84 Å². The third-order valence-corrected chi connectivity index (χ3v) is 14.6. The molecule has 0 spiro atoms. The van der Waals surface area contributed by atoms with E-state index < -0.39 is 0 Å². The van der Waals surface area contributed by atoms with Gasteiger partial charge in [0, 0.05) is 53.5 Å². The van der Waals surface area contributed by atoms with E-state index in [0.29, 0.717) is 0 Å². The molecular formula is C60H45N3S. The first-order valence-corrected chi connectivity index (χ1v) is 23.2. The van der Waals surface area contributed by atoms with Crippen LogP contribution in [0.1, 0.15) is 49.9 Å². The molecule has 0 radical (unpaired) electrons. The Morgan fingerprint density at radius 1 is 0.500 bits per heavy atom. The maximum atomic E-state index is 5.81. The molecule has 2 aromatic heterocycles. The van der Waals surface area contributed by atoms with Gasteiger partial charge in [-0.2, -0.15) is 0 Å². The number of hydrogen-bond donors (Lipinski definition) is 0. The number of hydrogen-bond acceptors (Lipinski definition) is 2. The number of aliphatic imine (C=N–C) groups is 2. The summed E-state index contributed by atoms with van der Waals surface area (Å²) in [5.41, 5.74) is 7.79. The molecule has 4 heteroatoms. The molecule has 0 fully saturated rings. The van der Waals surface area contributed by atoms with E-state index in [-0.39, 0.29) is 12.0 Å². The quantitative estimate of drug-likeness (QED) is 0.0869. The van der Waals surface area contributed by atoms with Crippen molar-refractivity contribution in [2.24, 2.45) is 15.9 Å². The highest BCUT2D eigenvalue weighted by molar-refractivity contribution is 7.26. The predicted octanol–water partition coefficient (Wildman–Crippen LogP) is 16.8. The van der Waals surface area contributed by atoms with Crippen LogP contribution in [0.25, 0.3) is 90.8 Å². The fourth-order valence-electron chi connectivity index (χ4n) is 10.1. The zero-order chi connectivity index (χ0) is 42.9. The average molecular weight is 840 g/mol. The van der Waals surface area contributed by atoms with Gasteiger partial charge in [0.05, 0.1) is 17.1 Å². The summed E-state index contributed by atoms with van der Waals surface area (Å²) in [6.07, 6.45) is 0.979. The molecule has 0 bridgehead atoms. The second-order valence-corrected chi connectivity index (χ2v) is 18.4. The van der Waals surface area contributed by atoms with Crippen LogP contribution in [0.15, 0.2) is 204 Å². The van der Waals surface area contributed by atoms with Crippen molar-refractivity contribution >= 4 is 108 Å². The summed E-state index contributed by atoms with van der Waals surface area (Å²) in [6, 6.07) is 71.0. The second-order valence-electron chi connectivity index (χ2n) is 17.3. The molecule has 0 aliphatic carbocycles. The van der Waals surface area contributed by atoms with Crippen LogP contribution in [-0.4, -0.2) is 16.1 Å². The van der Waals surface area contributed by atoms with E-state index in [2.05, 4.69) is 219 Å². The van der Waals surface area contributed by atoms with Gasteiger partial charge >= 0.3 is 0 Å². The van der Waals surface area contributed by atoms with Gasteiger partial charge in [-0.1, -0.05) is 172 Å². The standard InChI is InChI=1S/C60H45N3S/c1-4-37(2)59(44-30-31-48-43(32-44)29-28-40-17-8-9-21-46(40)48)62-60(50-25-15-20-39-16-7-10-22-47(39)50)61-38(3)52-35-45(36-57-58(52)51-24-12-14-27-56(51)64-57)63-54-26-13-11-23-49(54)53-33-41-18-5-6-19-42(41)34-55(53)63/h5-37,59H,4H2,1-3H3/b61-38+,62-60-. The molecule has 10 aromatic carbocycles. The van der Waals surface area contributed by atoms with E-state index in [9.17, 15) is 0 Å². The Morgan fingerprint density at radius 3 is 1.95 bits per heavy atom. The topological polar surface area (TPSA) is 29.6 Å². The number of para-hydroxylation sites is 1. The molecule has 3 nitrogen and oxygen atoms in total. The fourth-order valence-corrected chi connectivity index (χ4v) is 11.3. The Kier molecular flexibility index (Phi) is 9.24. The van der Waals surface area contributed by atoms with E-state index in [1.165, 1.54) is 85.2 Å². The van der Waals surface area contributed by atoms with Crippen LogP contribution in [-0.2, 0) is 0 Å². The largest absolute Gasteiger partial charge is 0.309 e. The van der Waals surface area contributed by atoms with Crippen molar-refractivity contribution in [3.63, 3.8) is 0 Å². The maximum Gasteiger partial charge on any atom is 0.156 e. The third-order valence-electron chi connectivity index (χ3n) is 13.5. The highest BCUT2D eigenvalue weighted by Crippen LogP contribution is 2.42. The molecule has 0 aliphatic heterocycles. The lowest BCUT2D eigenvalue weighted by Crippen LogP contribution is -2.12. The van der Waals surface area contributed by atoms with Gasteiger partial charge in [-0.15, -0.1) is 11.3 Å². The summed E-state index contributed by atoms with van der Waals surface area (Å²) in [6.45, 7) is 6.79. The van der Waals surface area contributed by atoms with E-state index in [4.69, 9.17) is 9.98 Å². The summed E-state index contributed by atoms with van der Waals surface area (Å²) < 4.78 is 4.96. The molecule has 2 heterocycles. The van der Waals surface area contributed by atoms with Crippen LogP contribution >= 0.6 is 11.3 Å². The van der Waals surface area contributed by atoms with Crippen LogP contribution < -0.4 is 0 Å². The summed E-state index contributed by atoms with van der Waals surface area (Å²) in [4.78, 5) is 11.6. The van der Waals surface area contributed by atoms with Crippen molar-refractivity contribution in [1.29, 1.82) is 0 Å². The molecule has 64 heavy (non-hydrogen) atoms. The molecule has 306 valence electrons. The molecule has 0 saturated heterocycles. The monoisotopic (exact) mass is 839 g/mol. The lowest BCUT2D eigenvalue weighted by atomic mass is 9.90. The fraction of sp³-hybridized carbons (Fsp3) is 0.100. The van der Waals surface area contributed by atoms with Crippen LogP contribution in [0.2, 0.25) is 0 Å². The van der Waals surface area contributed by atoms with Crippen LogP contribution in [0.5, 0.6) is 0 Å². The Bertz CT molecular complexity index is 3880. The van der Waals surface area contributed by atoms with Gasteiger partial charge < -0.3 is 4.57 Å². The highest BCUT2D eigenvalue weighted by atomic mass is 32.1. The number of thiophene rings is 1. The first-order valence-electron chi connectivity index (χ1n) is 22.4. The molecule has 0 aliphatic rings. The van der Waals surface area contributed by atoms with Crippen molar-refractivity contribution in [2.75, 3.05) is 0 Å². The molecule has 12 aromatic rings. The Labute approximate surface area is 376 Å². The van der Waals surface area contributed by atoms with Crippen LogP contribution in [0.3, 0.4) is 0 Å². The van der Waals surface area contributed by atoms with Crippen LogP contribution in [0.4, 0.5) is 0 Å². The van der Waals surface area contributed by atoms with Gasteiger partial charge in [0.1, 0.15) is 0 Å². The third kappa shape index (κ3) is 6.32. The first kappa shape index (κ1) is 38.3. The highest BCUT2D eigenvalue weighted by Gasteiger charge is 2.23. The molecule has 0 saturated carbocycles. The summed E-state index contributed by atoms with van der Waals surface area (Å²) in [7, 11) is 0. The normalized spacial score (nSPS) is 13.7. The zero-order valence-corrected chi connectivity index (χ0v) is 36.9. The first-order chi connectivity index (χ1) is 31.5. The lowest BCUT2D eigenvalue weighted by Gasteiger charge is -2.22. The van der Waals surface area contributed by atoms with Gasteiger partial charge in [-0.05, 0) is 104 Å². The molecular weight excluding hydrogens is 795 g/mol. The lowest BCUT2D eigenvalue weighted by molar-refractivity contribution is 0.459. The van der Waals surface area contributed by atoms with Crippen molar-refractivity contribution in [2.45, 2.75) is 33.2 Å². The number of aromatic nitrogens is 1.